The lowest BCUT2D eigenvalue weighted by Gasteiger charge is -2.25. The Hall–Kier alpha value is -1.30. The molecule has 1 heterocycles. The topological polar surface area (TPSA) is 78.9 Å². The third-order valence-electron chi connectivity index (χ3n) is 3.46. The molecule has 2 atom stereocenters. The molecule has 0 spiro atoms. The smallest absolute Gasteiger partial charge is 0.317 e. The molecule has 1 fully saturated rings. The summed E-state index contributed by atoms with van der Waals surface area (Å²) in [7, 11) is 0. The van der Waals surface area contributed by atoms with Crippen LogP contribution >= 0.6 is 0 Å². The number of carbonyl (C=O) groups is 2. The van der Waals surface area contributed by atoms with Gasteiger partial charge in [0, 0.05) is 26.2 Å². The van der Waals surface area contributed by atoms with Crippen molar-refractivity contribution in [1.29, 1.82) is 0 Å². The third-order valence-corrected chi connectivity index (χ3v) is 3.46. The lowest BCUT2D eigenvalue weighted by molar-refractivity contribution is -0.141. The fourth-order valence-corrected chi connectivity index (χ4v) is 2.12. The van der Waals surface area contributed by atoms with Crippen LogP contribution in [0.15, 0.2) is 0 Å². The standard InChI is InChI=1S/C13H24N2O4/c1-3-10(12(16)17)8-14-13(18)15(4-2)9-11-6-5-7-19-11/h10-11H,3-9H2,1-2H3,(H,14,18)(H,16,17). The first-order valence-corrected chi connectivity index (χ1v) is 6.95. The van der Waals surface area contributed by atoms with Crippen molar-refractivity contribution in [3.63, 3.8) is 0 Å². The largest absolute Gasteiger partial charge is 0.481 e. The summed E-state index contributed by atoms with van der Waals surface area (Å²) in [6.07, 6.45) is 2.65. The van der Waals surface area contributed by atoms with Crippen molar-refractivity contribution in [2.45, 2.75) is 39.2 Å². The first-order valence-electron chi connectivity index (χ1n) is 6.95. The van der Waals surface area contributed by atoms with E-state index in [0.29, 0.717) is 19.5 Å². The van der Waals surface area contributed by atoms with Crippen molar-refractivity contribution in [2.24, 2.45) is 5.92 Å². The summed E-state index contributed by atoms with van der Waals surface area (Å²) in [4.78, 5) is 24.5. The number of nitrogens with zero attached hydrogens (tertiary/aromatic N) is 1. The van der Waals surface area contributed by atoms with Gasteiger partial charge in [-0.25, -0.2) is 4.79 Å². The Balaban J connectivity index is 2.38. The molecule has 0 aromatic heterocycles. The van der Waals surface area contributed by atoms with Gasteiger partial charge in [0.15, 0.2) is 0 Å². The van der Waals surface area contributed by atoms with Gasteiger partial charge in [-0.3, -0.25) is 4.79 Å². The summed E-state index contributed by atoms with van der Waals surface area (Å²) in [5, 5.41) is 11.6. The van der Waals surface area contributed by atoms with E-state index in [1.807, 2.05) is 6.92 Å². The summed E-state index contributed by atoms with van der Waals surface area (Å²) < 4.78 is 5.50. The highest BCUT2D eigenvalue weighted by Crippen LogP contribution is 2.13. The van der Waals surface area contributed by atoms with Gasteiger partial charge in [-0.15, -0.1) is 0 Å². The second kappa shape index (κ2) is 7.99. The van der Waals surface area contributed by atoms with Crippen LogP contribution in [-0.2, 0) is 9.53 Å². The Kier molecular flexibility index (Phi) is 6.62. The van der Waals surface area contributed by atoms with Crippen LogP contribution in [0.2, 0.25) is 0 Å². The van der Waals surface area contributed by atoms with Gasteiger partial charge < -0.3 is 20.1 Å². The van der Waals surface area contributed by atoms with E-state index in [9.17, 15) is 9.59 Å². The molecule has 1 aliphatic heterocycles. The first kappa shape index (κ1) is 15.8. The van der Waals surface area contributed by atoms with Gasteiger partial charge in [-0.1, -0.05) is 6.92 Å². The highest BCUT2D eigenvalue weighted by molar-refractivity contribution is 5.76. The van der Waals surface area contributed by atoms with Gasteiger partial charge in [0.1, 0.15) is 0 Å². The van der Waals surface area contributed by atoms with Gasteiger partial charge >= 0.3 is 12.0 Å². The molecule has 110 valence electrons. The Morgan fingerprint density at radius 3 is 2.68 bits per heavy atom. The van der Waals surface area contributed by atoms with E-state index >= 15 is 0 Å². The fraction of sp³-hybridized carbons (Fsp3) is 0.846. The van der Waals surface area contributed by atoms with Gasteiger partial charge in [0.2, 0.25) is 0 Å². The number of hydrogen-bond donors (Lipinski definition) is 2. The molecule has 0 aromatic carbocycles. The van der Waals surface area contributed by atoms with Crippen LogP contribution in [-0.4, -0.2) is 54.4 Å². The highest BCUT2D eigenvalue weighted by atomic mass is 16.5. The van der Waals surface area contributed by atoms with Crippen molar-refractivity contribution >= 4 is 12.0 Å². The van der Waals surface area contributed by atoms with E-state index < -0.39 is 11.9 Å². The molecule has 6 nitrogen and oxygen atoms in total. The van der Waals surface area contributed by atoms with Gasteiger partial charge in [0.25, 0.3) is 0 Å². The Morgan fingerprint density at radius 2 is 2.21 bits per heavy atom. The molecule has 1 rings (SSSR count). The number of hydrogen-bond acceptors (Lipinski definition) is 3. The van der Waals surface area contributed by atoms with Crippen LogP contribution in [0.3, 0.4) is 0 Å². The summed E-state index contributed by atoms with van der Waals surface area (Å²) in [5.41, 5.74) is 0. The number of carboxylic acids is 1. The number of amides is 2. The monoisotopic (exact) mass is 272 g/mol. The Labute approximate surface area is 114 Å². The van der Waals surface area contributed by atoms with Crippen LogP contribution in [0.25, 0.3) is 0 Å². The lowest BCUT2D eigenvalue weighted by atomic mass is 10.1. The SMILES string of the molecule is CCC(CNC(=O)N(CC)CC1CCCO1)C(=O)O. The number of ether oxygens (including phenoxy) is 1. The van der Waals surface area contributed by atoms with E-state index in [1.165, 1.54) is 0 Å². The number of aliphatic carboxylic acids is 1. The summed E-state index contributed by atoms with van der Waals surface area (Å²) in [6, 6.07) is -0.210. The van der Waals surface area contributed by atoms with E-state index in [-0.39, 0.29) is 18.7 Å². The van der Waals surface area contributed by atoms with Gasteiger partial charge in [-0.05, 0) is 26.2 Å². The Morgan fingerprint density at radius 1 is 1.47 bits per heavy atom. The maximum Gasteiger partial charge on any atom is 0.317 e. The summed E-state index contributed by atoms with van der Waals surface area (Å²) >= 11 is 0. The maximum absolute atomic E-state index is 12.0. The summed E-state index contributed by atoms with van der Waals surface area (Å²) in [5.74, 6) is -1.39. The minimum atomic E-state index is -0.870. The second-order valence-electron chi connectivity index (χ2n) is 4.80. The molecule has 6 heteroatoms. The predicted molar refractivity (Wildman–Crippen MR) is 71.0 cm³/mol. The van der Waals surface area contributed by atoms with Gasteiger partial charge in [-0.2, -0.15) is 0 Å². The van der Waals surface area contributed by atoms with Crippen LogP contribution < -0.4 is 5.32 Å². The molecule has 1 aliphatic rings. The van der Waals surface area contributed by atoms with E-state index in [4.69, 9.17) is 9.84 Å². The van der Waals surface area contributed by atoms with Crippen molar-refractivity contribution in [2.75, 3.05) is 26.2 Å². The van der Waals surface area contributed by atoms with Crippen LogP contribution in [0, 0.1) is 5.92 Å². The molecule has 0 saturated carbocycles. The summed E-state index contributed by atoms with van der Waals surface area (Å²) in [6.45, 7) is 5.81. The molecule has 2 amide bonds. The number of carboxylic acid groups (broad SMARTS) is 1. The average molecular weight is 272 g/mol. The number of nitrogens with one attached hydrogen (secondary N) is 1. The lowest BCUT2D eigenvalue weighted by Crippen LogP contribution is -2.45. The molecule has 19 heavy (non-hydrogen) atoms. The second-order valence-corrected chi connectivity index (χ2v) is 4.80. The highest BCUT2D eigenvalue weighted by Gasteiger charge is 2.22. The van der Waals surface area contributed by atoms with Crippen LogP contribution in [0.1, 0.15) is 33.1 Å². The van der Waals surface area contributed by atoms with E-state index in [2.05, 4.69) is 5.32 Å². The number of rotatable bonds is 7. The zero-order valence-corrected chi connectivity index (χ0v) is 11.7. The van der Waals surface area contributed by atoms with Crippen molar-refractivity contribution in [3.05, 3.63) is 0 Å². The van der Waals surface area contributed by atoms with Crippen molar-refractivity contribution < 1.29 is 19.4 Å². The zero-order chi connectivity index (χ0) is 14.3. The average Bonchev–Trinajstić information content (AvgIpc) is 2.88. The molecular weight excluding hydrogens is 248 g/mol. The first-order chi connectivity index (χ1) is 9.08. The number of urea groups is 1. The van der Waals surface area contributed by atoms with Crippen LogP contribution in [0.5, 0.6) is 0 Å². The third kappa shape index (κ3) is 5.06. The molecule has 2 N–H and O–H groups in total. The van der Waals surface area contributed by atoms with Crippen LogP contribution in [0.4, 0.5) is 4.79 Å². The van der Waals surface area contributed by atoms with E-state index in [1.54, 1.807) is 11.8 Å². The fourth-order valence-electron chi connectivity index (χ4n) is 2.12. The number of likely N-dealkylation sites (N-methyl/N-ethyl adjacent to an activating group) is 1. The Bertz CT molecular complexity index is 303. The maximum atomic E-state index is 12.0. The minimum absolute atomic E-state index is 0.118. The molecule has 0 aromatic rings. The molecule has 0 bridgehead atoms. The molecule has 1 saturated heterocycles. The molecule has 0 radical (unpaired) electrons. The van der Waals surface area contributed by atoms with Crippen molar-refractivity contribution in [1.82, 2.24) is 10.2 Å². The van der Waals surface area contributed by atoms with E-state index in [0.717, 1.165) is 19.4 Å². The quantitative estimate of drug-likeness (QED) is 0.732. The number of carbonyl (C=O) groups excluding carboxylic acids is 1. The minimum Gasteiger partial charge on any atom is -0.481 e. The molecule has 2 unspecified atom stereocenters. The molecular formula is C13H24N2O4. The normalized spacial score (nSPS) is 20.0. The van der Waals surface area contributed by atoms with Gasteiger partial charge in [0.05, 0.1) is 12.0 Å². The molecule has 0 aliphatic carbocycles. The zero-order valence-electron chi connectivity index (χ0n) is 11.7. The van der Waals surface area contributed by atoms with Crippen molar-refractivity contribution in [3.8, 4) is 0 Å². The predicted octanol–water partition coefficient (Wildman–Crippen LogP) is 1.31.